The maximum Gasteiger partial charge on any atom is 1.00 e. The van der Waals surface area contributed by atoms with Crippen molar-refractivity contribution in [3.8, 4) is 23.0 Å². The molecule has 16 nitrogen and oxygen atoms in total. The van der Waals surface area contributed by atoms with E-state index in [1.165, 1.54) is 0 Å². The standard InChI is InChI=1S/2C6H5NO7S.2K/c2*8-5-2-1-4(7(9)10)3-6(5)14-15(11,12)13;;/h2*1-3,8H,(H,11,12,13);;/q;;2*+1/p-2. The molecular weight excluding hydrogens is 538 g/mol. The number of hydrogen-bond acceptors (Lipinski definition) is 14. The molecule has 164 valence electrons. The minimum atomic E-state index is -5.07. The molecule has 0 spiro atoms. The molecule has 0 saturated carbocycles. The average molecular weight is 547 g/mol. The van der Waals surface area contributed by atoms with E-state index in [-0.39, 0.29) is 103 Å². The van der Waals surface area contributed by atoms with Crippen LogP contribution in [0.25, 0.3) is 0 Å². The predicted molar refractivity (Wildman–Crippen MR) is 90.2 cm³/mol. The number of nitrogens with zero attached hydrogens (tertiary/aromatic N) is 2. The van der Waals surface area contributed by atoms with E-state index in [2.05, 4.69) is 8.37 Å². The molecule has 0 aromatic heterocycles. The Morgan fingerprint density at radius 1 is 0.688 bits per heavy atom. The number of rotatable bonds is 6. The van der Waals surface area contributed by atoms with E-state index in [9.17, 15) is 46.2 Å². The van der Waals surface area contributed by atoms with Gasteiger partial charge in [0.15, 0.2) is 23.0 Å². The summed E-state index contributed by atoms with van der Waals surface area (Å²) in [4.78, 5) is 18.9. The van der Waals surface area contributed by atoms with Gasteiger partial charge in [-0.25, -0.2) is 16.8 Å². The second-order valence-electron chi connectivity index (χ2n) is 4.80. The van der Waals surface area contributed by atoms with Crippen molar-refractivity contribution in [2.24, 2.45) is 0 Å². The fourth-order valence-corrected chi connectivity index (χ4v) is 2.29. The summed E-state index contributed by atoms with van der Waals surface area (Å²) >= 11 is 0. The number of benzene rings is 2. The van der Waals surface area contributed by atoms with Crippen LogP contribution >= 0.6 is 0 Å². The smallest absolute Gasteiger partial charge is 0.716 e. The zero-order chi connectivity index (χ0) is 23.3. The Balaban J connectivity index is 0. The Kier molecular flexibility index (Phi) is 14.8. The summed E-state index contributed by atoms with van der Waals surface area (Å²) in [6.45, 7) is 0. The molecular formula is C12H8K2N2O14S2. The number of nitro groups is 2. The van der Waals surface area contributed by atoms with Crippen molar-refractivity contribution < 1.29 is 157 Å². The van der Waals surface area contributed by atoms with Crippen molar-refractivity contribution in [3.05, 3.63) is 56.6 Å². The topological polar surface area (TPSA) is 260 Å². The molecule has 0 heterocycles. The molecule has 0 unspecified atom stereocenters. The summed E-state index contributed by atoms with van der Waals surface area (Å²) in [7, 11) is -10.1. The predicted octanol–water partition coefficient (Wildman–Crippen LogP) is -5.71. The van der Waals surface area contributed by atoms with Gasteiger partial charge in [-0.2, -0.15) is 0 Å². The Morgan fingerprint density at radius 3 is 1.19 bits per heavy atom. The summed E-state index contributed by atoms with van der Waals surface area (Å²) in [6.07, 6.45) is 0. The van der Waals surface area contributed by atoms with E-state index in [1.807, 2.05) is 0 Å². The zero-order valence-corrected chi connectivity index (χ0v) is 23.8. The fourth-order valence-electron chi connectivity index (χ4n) is 1.59. The normalized spacial score (nSPS) is 10.3. The van der Waals surface area contributed by atoms with Crippen molar-refractivity contribution in [2.75, 3.05) is 0 Å². The van der Waals surface area contributed by atoms with Crippen LogP contribution in [0.15, 0.2) is 36.4 Å². The van der Waals surface area contributed by atoms with E-state index < -0.39 is 65.0 Å². The Labute approximate surface area is 264 Å². The summed E-state index contributed by atoms with van der Waals surface area (Å²) in [6, 6.07) is 4.81. The number of hydrogen-bond donors (Lipinski definition) is 2. The van der Waals surface area contributed by atoms with Gasteiger partial charge in [0.25, 0.3) is 32.2 Å². The van der Waals surface area contributed by atoms with Crippen molar-refractivity contribution in [1.29, 1.82) is 0 Å². The van der Waals surface area contributed by atoms with Gasteiger partial charge >= 0.3 is 103 Å². The molecule has 2 N–H and O–H groups in total. The number of nitro benzene ring substituents is 2. The molecule has 0 amide bonds. The minimum Gasteiger partial charge on any atom is -0.716 e. The van der Waals surface area contributed by atoms with E-state index in [4.69, 9.17) is 10.2 Å². The van der Waals surface area contributed by atoms with Crippen molar-refractivity contribution in [3.63, 3.8) is 0 Å². The summed E-state index contributed by atoms with van der Waals surface area (Å²) in [5.74, 6) is -2.92. The van der Waals surface area contributed by atoms with Crippen molar-refractivity contribution in [2.45, 2.75) is 0 Å². The van der Waals surface area contributed by atoms with E-state index in [0.717, 1.165) is 24.3 Å². The van der Waals surface area contributed by atoms with E-state index in [0.29, 0.717) is 12.1 Å². The minimum absolute atomic E-state index is 0. The van der Waals surface area contributed by atoms with Gasteiger partial charge < -0.3 is 27.7 Å². The van der Waals surface area contributed by atoms with Gasteiger partial charge in [0, 0.05) is 12.1 Å². The van der Waals surface area contributed by atoms with Crippen molar-refractivity contribution in [1.82, 2.24) is 0 Å². The third-order valence-corrected chi connectivity index (χ3v) is 3.46. The number of aromatic hydroxyl groups is 2. The van der Waals surface area contributed by atoms with Crippen LogP contribution in [-0.2, 0) is 20.8 Å². The second kappa shape index (κ2) is 14.1. The number of non-ortho nitro benzene ring substituents is 2. The number of phenolic OH excluding ortho intramolecular Hbond substituents is 2. The van der Waals surface area contributed by atoms with Gasteiger partial charge in [0.2, 0.25) is 0 Å². The fraction of sp³-hybridized carbons (Fsp3) is 0. The van der Waals surface area contributed by atoms with Gasteiger partial charge in [-0.3, -0.25) is 20.2 Å². The molecule has 0 saturated heterocycles. The summed E-state index contributed by atoms with van der Waals surface area (Å²) in [5, 5.41) is 38.6. The average Bonchev–Trinajstić information content (AvgIpc) is 2.56. The maximum atomic E-state index is 10.3. The van der Waals surface area contributed by atoms with Crippen LogP contribution in [0, 0.1) is 20.2 Å². The third-order valence-electron chi connectivity index (χ3n) is 2.69. The first kappa shape index (κ1) is 33.7. The van der Waals surface area contributed by atoms with Gasteiger partial charge in [0.1, 0.15) is 0 Å². The SMILES string of the molecule is O=[N+]([O-])c1ccc(O)c(OS(=O)(=O)[O-])c1.O=[N+]([O-])c1ccc(O)c(OS(=O)(=O)[O-])c1.[K+].[K+]. The summed E-state index contributed by atoms with van der Waals surface area (Å²) in [5.41, 5.74) is -1.02. The molecule has 0 aliphatic heterocycles. The van der Waals surface area contributed by atoms with Gasteiger partial charge in [0.05, 0.1) is 22.0 Å². The van der Waals surface area contributed by atoms with Crippen LogP contribution in [0.1, 0.15) is 0 Å². The van der Waals surface area contributed by atoms with Crippen LogP contribution in [0.2, 0.25) is 0 Å². The van der Waals surface area contributed by atoms with Crippen LogP contribution < -0.4 is 111 Å². The molecule has 0 radical (unpaired) electrons. The molecule has 0 bridgehead atoms. The van der Waals surface area contributed by atoms with Gasteiger partial charge in [-0.05, 0) is 12.1 Å². The molecule has 2 rings (SSSR count). The first-order valence-corrected chi connectivity index (χ1v) is 9.51. The molecule has 0 aliphatic rings. The Bertz CT molecular complexity index is 1090. The molecule has 0 aliphatic carbocycles. The summed E-state index contributed by atoms with van der Waals surface area (Å²) < 4.78 is 68.6. The monoisotopic (exact) mass is 546 g/mol. The molecule has 32 heavy (non-hydrogen) atoms. The molecule has 0 atom stereocenters. The third kappa shape index (κ3) is 12.7. The van der Waals surface area contributed by atoms with E-state index >= 15 is 0 Å². The molecule has 20 heteroatoms. The molecule has 2 aromatic rings. The van der Waals surface area contributed by atoms with Crippen LogP contribution in [0.3, 0.4) is 0 Å². The molecule has 2 aromatic carbocycles. The quantitative estimate of drug-likeness (QED) is 0.112. The number of phenols is 2. The van der Waals surface area contributed by atoms with Gasteiger partial charge in [-0.15, -0.1) is 0 Å². The van der Waals surface area contributed by atoms with Crippen molar-refractivity contribution >= 4 is 32.2 Å². The maximum absolute atomic E-state index is 10.3. The molecule has 0 fully saturated rings. The van der Waals surface area contributed by atoms with Crippen LogP contribution in [0.4, 0.5) is 11.4 Å². The second-order valence-corrected chi connectivity index (χ2v) is 6.77. The van der Waals surface area contributed by atoms with Crippen LogP contribution in [0.5, 0.6) is 23.0 Å². The zero-order valence-electron chi connectivity index (χ0n) is 16.0. The van der Waals surface area contributed by atoms with Gasteiger partial charge in [-0.1, -0.05) is 0 Å². The van der Waals surface area contributed by atoms with E-state index in [1.54, 1.807) is 0 Å². The Hall–Kier alpha value is -0.467. The first-order chi connectivity index (χ1) is 13.6. The van der Waals surface area contributed by atoms with Crippen LogP contribution in [-0.4, -0.2) is 46.0 Å². The largest absolute Gasteiger partial charge is 1.00 e. The first-order valence-electron chi connectivity index (χ1n) is 6.84. The Morgan fingerprint density at radius 2 is 0.969 bits per heavy atom.